The van der Waals surface area contributed by atoms with Crippen LogP contribution in [0.5, 0.6) is 11.5 Å². The van der Waals surface area contributed by atoms with Gasteiger partial charge in [0.15, 0.2) is 11.5 Å². The lowest BCUT2D eigenvalue weighted by molar-refractivity contribution is -0.135. The summed E-state index contributed by atoms with van der Waals surface area (Å²) in [6, 6.07) is 4.62. The summed E-state index contributed by atoms with van der Waals surface area (Å²) in [7, 11) is 1.29. The molecule has 0 fully saturated rings. The van der Waals surface area contributed by atoms with E-state index in [2.05, 4.69) is 0 Å². The Hall–Kier alpha value is -2.17. The number of unbranched alkanes of at least 4 members (excludes halogenated alkanes) is 1. The minimum atomic E-state index is -1.15. The summed E-state index contributed by atoms with van der Waals surface area (Å²) in [5.41, 5.74) is 0.587. The Kier molecular flexibility index (Phi) is 5.73. The number of aromatic hydroxyl groups is 1. The molecule has 0 bridgehead atoms. The van der Waals surface area contributed by atoms with Crippen molar-refractivity contribution in [3.8, 4) is 11.5 Å². The summed E-state index contributed by atoms with van der Waals surface area (Å²) in [5.74, 6) is -0.959. The number of hydrogen-bond donors (Lipinski definition) is 2. The van der Waals surface area contributed by atoms with Gasteiger partial charge in [-0.15, -0.1) is 0 Å². The van der Waals surface area contributed by atoms with Crippen molar-refractivity contribution < 1.29 is 24.5 Å². The predicted octanol–water partition coefficient (Wildman–Crippen LogP) is 2.64. The van der Waals surface area contributed by atoms with E-state index in [4.69, 9.17) is 14.6 Å². The Balaban J connectivity index is 2.91. The molecule has 1 rings (SSSR count). The molecule has 0 spiro atoms. The molecule has 1 aromatic rings. The summed E-state index contributed by atoms with van der Waals surface area (Å²) in [6.45, 7) is 2.55. The number of carbonyl (C=O) groups is 1. The van der Waals surface area contributed by atoms with Crippen molar-refractivity contribution in [2.24, 2.45) is 0 Å². The average Bonchev–Trinajstić information content (AvgIpc) is 2.39. The molecule has 5 heteroatoms. The van der Waals surface area contributed by atoms with Crippen molar-refractivity contribution in [1.29, 1.82) is 0 Å². The predicted molar refractivity (Wildman–Crippen MR) is 71.1 cm³/mol. The maximum Gasteiger partial charge on any atom is 0.371 e. The van der Waals surface area contributed by atoms with E-state index in [-0.39, 0.29) is 11.5 Å². The molecule has 2 N–H and O–H groups in total. The molecule has 1 aromatic carbocycles. The third-order valence-corrected chi connectivity index (χ3v) is 2.47. The SMILES string of the molecule is CCCCOc1cc(C=C(OC)C(=O)O)ccc1O. The standard InChI is InChI=1S/C14H18O5/c1-3-4-7-19-12-8-10(5-6-11(12)15)9-13(18-2)14(16)17/h5-6,8-9,15H,3-4,7H2,1-2H3,(H,16,17). The lowest BCUT2D eigenvalue weighted by Gasteiger charge is -2.08. The smallest absolute Gasteiger partial charge is 0.371 e. The highest BCUT2D eigenvalue weighted by molar-refractivity contribution is 5.89. The molecule has 104 valence electrons. The summed E-state index contributed by atoms with van der Waals surface area (Å²) in [5, 5.41) is 18.5. The van der Waals surface area contributed by atoms with Gasteiger partial charge in [-0.25, -0.2) is 4.79 Å². The number of phenolic OH excluding ortho intramolecular Hbond substituents is 1. The first-order chi connectivity index (χ1) is 9.08. The second-order valence-electron chi connectivity index (χ2n) is 3.95. The fourth-order valence-corrected chi connectivity index (χ4v) is 1.42. The van der Waals surface area contributed by atoms with E-state index < -0.39 is 5.97 Å². The quantitative estimate of drug-likeness (QED) is 0.451. The molecule has 0 saturated carbocycles. The number of rotatable bonds is 7. The van der Waals surface area contributed by atoms with Gasteiger partial charge in [-0.2, -0.15) is 0 Å². The fourth-order valence-electron chi connectivity index (χ4n) is 1.42. The van der Waals surface area contributed by atoms with E-state index in [1.165, 1.54) is 19.3 Å². The maximum absolute atomic E-state index is 10.8. The van der Waals surface area contributed by atoms with E-state index in [0.717, 1.165) is 12.8 Å². The van der Waals surface area contributed by atoms with Crippen molar-refractivity contribution in [2.75, 3.05) is 13.7 Å². The zero-order chi connectivity index (χ0) is 14.3. The van der Waals surface area contributed by atoms with Gasteiger partial charge in [-0.1, -0.05) is 19.4 Å². The molecular weight excluding hydrogens is 248 g/mol. The average molecular weight is 266 g/mol. The zero-order valence-electron chi connectivity index (χ0n) is 11.0. The maximum atomic E-state index is 10.8. The first kappa shape index (κ1) is 14.9. The Morgan fingerprint density at radius 2 is 2.16 bits per heavy atom. The highest BCUT2D eigenvalue weighted by Gasteiger charge is 2.08. The lowest BCUT2D eigenvalue weighted by Crippen LogP contribution is -2.02. The number of carboxylic acid groups (broad SMARTS) is 1. The van der Waals surface area contributed by atoms with E-state index in [0.29, 0.717) is 17.9 Å². The summed E-state index contributed by atoms with van der Waals surface area (Å²) in [4.78, 5) is 10.8. The van der Waals surface area contributed by atoms with Gasteiger partial charge < -0.3 is 19.7 Å². The molecule has 0 saturated heterocycles. The van der Waals surface area contributed by atoms with Gasteiger partial charge in [0.25, 0.3) is 0 Å². The van der Waals surface area contributed by atoms with Crippen molar-refractivity contribution in [3.05, 3.63) is 29.5 Å². The van der Waals surface area contributed by atoms with E-state index >= 15 is 0 Å². The Morgan fingerprint density at radius 3 is 2.74 bits per heavy atom. The molecule has 0 aliphatic carbocycles. The van der Waals surface area contributed by atoms with Crippen LogP contribution in [0.1, 0.15) is 25.3 Å². The topological polar surface area (TPSA) is 76.0 Å². The Labute approximate surface area is 112 Å². The molecule has 0 aliphatic heterocycles. The van der Waals surface area contributed by atoms with Gasteiger partial charge >= 0.3 is 5.97 Å². The van der Waals surface area contributed by atoms with E-state index in [9.17, 15) is 9.90 Å². The number of aliphatic carboxylic acids is 1. The second-order valence-corrected chi connectivity index (χ2v) is 3.95. The van der Waals surface area contributed by atoms with Gasteiger partial charge in [0, 0.05) is 0 Å². The Bertz CT molecular complexity index is 465. The van der Waals surface area contributed by atoms with Crippen LogP contribution in [0.15, 0.2) is 24.0 Å². The second kappa shape index (κ2) is 7.31. The van der Waals surface area contributed by atoms with Crippen LogP contribution in [-0.2, 0) is 9.53 Å². The molecular formula is C14H18O5. The van der Waals surface area contributed by atoms with Crippen LogP contribution >= 0.6 is 0 Å². The fraction of sp³-hybridized carbons (Fsp3) is 0.357. The van der Waals surface area contributed by atoms with Crippen LogP contribution in [0.3, 0.4) is 0 Å². The van der Waals surface area contributed by atoms with Gasteiger partial charge in [0.1, 0.15) is 0 Å². The summed E-state index contributed by atoms with van der Waals surface area (Å²) < 4.78 is 10.2. The van der Waals surface area contributed by atoms with Gasteiger partial charge in [-0.05, 0) is 30.2 Å². The molecule has 19 heavy (non-hydrogen) atoms. The van der Waals surface area contributed by atoms with Crippen LogP contribution < -0.4 is 4.74 Å². The first-order valence-electron chi connectivity index (χ1n) is 6.03. The summed E-state index contributed by atoms with van der Waals surface area (Å²) in [6.07, 6.45) is 3.25. The van der Waals surface area contributed by atoms with Crippen molar-refractivity contribution in [3.63, 3.8) is 0 Å². The van der Waals surface area contributed by atoms with E-state index in [1.54, 1.807) is 12.1 Å². The number of phenols is 1. The van der Waals surface area contributed by atoms with Crippen molar-refractivity contribution in [2.45, 2.75) is 19.8 Å². The molecule has 0 unspecified atom stereocenters. The van der Waals surface area contributed by atoms with Crippen LogP contribution in [0.2, 0.25) is 0 Å². The number of hydrogen-bond acceptors (Lipinski definition) is 4. The van der Waals surface area contributed by atoms with Crippen LogP contribution in [0, 0.1) is 0 Å². The lowest BCUT2D eigenvalue weighted by atomic mass is 10.2. The minimum Gasteiger partial charge on any atom is -0.504 e. The molecule has 0 aliphatic rings. The monoisotopic (exact) mass is 266 g/mol. The molecule has 0 aromatic heterocycles. The van der Waals surface area contributed by atoms with Gasteiger partial charge in [0.05, 0.1) is 13.7 Å². The summed E-state index contributed by atoms with van der Waals surface area (Å²) >= 11 is 0. The van der Waals surface area contributed by atoms with Gasteiger partial charge in [-0.3, -0.25) is 0 Å². The first-order valence-corrected chi connectivity index (χ1v) is 6.03. The number of ether oxygens (including phenoxy) is 2. The highest BCUT2D eigenvalue weighted by atomic mass is 16.5. The van der Waals surface area contributed by atoms with Crippen LogP contribution in [0.25, 0.3) is 6.08 Å². The van der Waals surface area contributed by atoms with E-state index in [1.807, 2.05) is 6.92 Å². The molecule has 0 atom stereocenters. The zero-order valence-corrected chi connectivity index (χ0v) is 11.0. The number of carboxylic acids is 1. The molecule has 5 nitrogen and oxygen atoms in total. The van der Waals surface area contributed by atoms with Crippen molar-refractivity contribution >= 4 is 12.0 Å². The largest absolute Gasteiger partial charge is 0.504 e. The highest BCUT2D eigenvalue weighted by Crippen LogP contribution is 2.28. The van der Waals surface area contributed by atoms with Crippen LogP contribution in [-0.4, -0.2) is 29.9 Å². The number of benzene rings is 1. The third-order valence-electron chi connectivity index (χ3n) is 2.47. The Morgan fingerprint density at radius 1 is 1.42 bits per heavy atom. The minimum absolute atomic E-state index is 0.0301. The molecule has 0 heterocycles. The molecule has 0 radical (unpaired) electrons. The third kappa shape index (κ3) is 4.54. The molecule has 0 amide bonds. The number of methoxy groups -OCH3 is 1. The van der Waals surface area contributed by atoms with Gasteiger partial charge in [0.2, 0.25) is 5.76 Å². The van der Waals surface area contributed by atoms with Crippen LogP contribution in [0.4, 0.5) is 0 Å². The normalized spacial score (nSPS) is 11.2. The van der Waals surface area contributed by atoms with Crippen molar-refractivity contribution in [1.82, 2.24) is 0 Å².